The van der Waals surface area contributed by atoms with Gasteiger partial charge in [0.1, 0.15) is 12.1 Å². The van der Waals surface area contributed by atoms with E-state index in [0.717, 1.165) is 16.7 Å². The summed E-state index contributed by atoms with van der Waals surface area (Å²) in [4.78, 5) is 15.7. The number of hydrogen-bond donors (Lipinski definition) is 0. The number of carbonyl (C=O) groups is 1. The average molecular weight is 455 g/mol. The van der Waals surface area contributed by atoms with Crippen molar-refractivity contribution in [2.24, 2.45) is 0 Å². The lowest BCUT2D eigenvalue weighted by atomic mass is 9.93. The van der Waals surface area contributed by atoms with Gasteiger partial charge < -0.3 is 14.8 Å². The van der Waals surface area contributed by atoms with E-state index in [-0.39, 0.29) is 0 Å². The molecular formula is C29H32N3O2-. The molecule has 0 bridgehead atoms. The van der Waals surface area contributed by atoms with Crippen LogP contribution in [0.2, 0.25) is 0 Å². The van der Waals surface area contributed by atoms with Crippen molar-refractivity contribution in [3.63, 3.8) is 0 Å². The van der Waals surface area contributed by atoms with Crippen LogP contribution in [-0.2, 0) is 19.5 Å². The predicted octanol–water partition coefficient (Wildman–Crippen LogP) is 4.64. The van der Waals surface area contributed by atoms with Crippen LogP contribution in [0.25, 0.3) is 0 Å². The van der Waals surface area contributed by atoms with Gasteiger partial charge in [0.25, 0.3) is 0 Å². The quantitative estimate of drug-likeness (QED) is 0.472. The highest BCUT2D eigenvalue weighted by Gasteiger charge is 2.37. The minimum Gasteiger partial charge on any atom is -0.530 e. The van der Waals surface area contributed by atoms with Crippen LogP contribution in [-0.4, -0.2) is 33.5 Å². The van der Waals surface area contributed by atoms with Crippen LogP contribution in [0, 0.1) is 11.3 Å². The first-order valence-corrected chi connectivity index (χ1v) is 11.6. The molecule has 0 radical (unpaired) electrons. The highest BCUT2D eigenvalue weighted by atomic mass is 16.4. The molecule has 3 rings (SSSR count). The van der Waals surface area contributed by atoms with Gasteiger partial charge in [-0.15, -0.1) is 0 Å². The van der Waals surface area contributed by atoms with Crippen molar-refractivity contribution in [2.45, 2.75) is 57.9 Å². The van der Waals surface area contributed by atoms with E-state index in [1.165, 1.54) is 4.90 Å². The minimum atomic E-state index is -1.34. The summed E-state index contributed by atoms with van der Waals surface area (Å²) in [6.07, 6.45) is -0.810. The lowest BCUT2D eigenvalue weighted by Crippen LogP contribution is -2.62. The molecule has 3 aromatic rings. The van der Waals surface area contributed by atoms with Gasteiger partial charge in [-0.05, 0) is 43.9 Å². The van der Waals surface area contributed by atoms with Crippen molar-refractivity contribution >= 4 is 6.09 Å². The SMILES string of the molecule is CC(C)(C)N(C(=O)[O-])C(C#N)C(Cc1ccccc1)N(Cc1ccccc1)Cc1ccccc1. The number of carbonyl (C=O) groups excluding carboxylic acids is 1. The summed E-state index contributed by atoms with van der Waals surface area (Å²) in [5.74, 6) is 0. The Morgan fingerprint density at radius 2 is 1.24 bits per heavy atom. The highest BCUT2D eigenvalue weighted by Crippen LogP contribution is 2.26. The number of nitriles is 1. The smallest absolute Gasteiger partial charge is 0.138 e. The molecule has 0 heterocycles. The molecule has 176 valence electrons. The van der Waals surface area contributed by atoms with E-state index in [1.54, 1.807) is 20.8 Å². The molecule has 0 saturated carbocycles. The number of nitrogens with zero attached hydrogens (tertiary/aromatic N) is 3. The third-order valence-electron chi connectivity index (χ3n) is 5.91. The van der Waals surface area contributed by atoms with E-state index in [4.69, 9.17) is 0 Å². The average Bonchev–Trinajstić information content (AvgIpc) is 2.81. The topological polar surface area (TPSA) is 70.4 Å². The molecule has 0 saturated heterocycles. The van der Waals surface area contributed by atoms with E-state index in [9.17, 15) is 15.2 Å². The molecule has 0 N–H and O–H groups in total. The molecule has 1 amide bonds. The maximum absolute atomic E-state index is 12.3. The van der Waals surface area contributed by atoms with Crippen molar-refractivity contribution < 1.29 is 9.90 Å². The fourth-order valence-corrected chi connectivity index (χ4v) is 4.34. The van der Waals surface area contributed by atoms with Gasteiger partial charge in [-0.3, -0.25) is 4.90 Å². The van der Waals surface area contributed by atoms with Crippen LogP contribution < -0.4 is 5.11 Å². The molecule has 0 fully saturated rings. The van der Waals surface area contributed by atoms with Crippen molar-refractivity contribution in [1.82, 2.24) is 9.80 Å². The number of amides is 1. The van der Waals surface area contributed by atoms with Gasteiger partial charge in [0.15, 0.2) is 0 Å². The summed E-state index contributed by atoms with van der Waals surface area (Å²) in [6.45, 7) is 6.55. The van der Waals surface area contributed by atoms with E-state index in [2.05, 4.69) is 35.2 Å². The lowest BCUT2D eigenvalue weighted by molar-refractivity contribution is -0.273. The summed E-state index contributed by atoms with van der Waals surface area (Å²) >= 11 is 0. The van der Waals surface area contributed by atoms with Gasteiger partial charge in [-0.1, -0.05) is 91.0 Å². The fraction of sp³-hybridized carbons (Fsp3) is 0.310. The Bertz CT molecular complexity index is 1030. The third-order valence-corrected chi connectivity index (χ3v) is 5.91. The van der Waals surface area contributed by atoms with Crippen LogP contribution >= 0.6 is 0 Å². The Kier molecular flexibility index (Phi) is 8.45. The van der Waals surface area contributed by atoms with Crippen LogP contribution in [0.15, 0.2) is 91.0 Å². The largest absolute Gasteiger partial charge is 0.530 e. The zero-order valence-corrected chi connectivity index (χ0v) is 20.1. The highest BCUT2D eigenvalue weighted by molar-refractivity contribution is 5.65. The normalized spacial score (nSPS) is 13.1. The molecule has 5 nitrogen and oxygen atoms in total. The van der Waals surface area contributed by atoms with E-state index < -0.39 is 23.7 Å². The molecule has 0 aliphatic carbocycles. The number of benzene rings is 3. The summed E-state index contributed by atoms with van der Waals surface area (Å²) in [7, 11) is 0. The second kappa shape index (κ2) is 11.5. The number of carboxylic acid groups (broad SMARTS) is 1. The molecule has 2 unspecified atom stereocenters. The van der Waals surface area contributed by atoms with Crippen molar-refractivity contribution in [3.8, 4) is 6.07 Å². The van der Waals surface area contributed by atoms with Crippen molar-refractivity contribution in [3.05, 3.63) is 108 Å². The summed E-state index contributed by atoms with van der Waals surface area (Å²) < 4.78 is 0. The molecule has 3 aromatic carbocycles. The summed E-state index contributed by atoms with van der Waals surface area (Å²) in [6, 6.07) is 31.1. The lowest BCUT2D eigenvalue weighted by Gasteiger charge is -2.46. The first-order valence-electron chi connectivity index (χ1n) is 11.6. The third kappa shape index (κ3) is 6.69. The van der Waals surface area contributed by atoms with Gasteiger partial charge >= 0.3 is 0 Å². The van der Waals surface area contributed by atoms with Crippen LogP contribution in [0.5, 0.6) is 0 Å². The Morgan fingerprint density at radius 1 is 0.824 bits per heavy atom. The van der Waals surface area contributed by atoms with Gasteiger partial charge in [-0.25, -0.2) is 0 Å². The maximum atomic E-state index is 12.3. The molecule has 0 spiro atoms. The standard InChI is InChI=1S/C29H33N3O2/c1-29(2,3)32(28(33)34)27(20-30)26(19-23-13-7-4-8-14-23)31(21-24-15-9-5-10-16-24)22-25-17-11-6-12-18-25/h4-18,26-27H,19,21-22H2,1-3H3,(H,33,34)/p-1. The van der Waals surface area contributed by atoms with E-state index in [0.29, 0.717) is 19.5 Å². The molecule has 0 aliphatic rings. The zero-order chi connectivity index (χ0) is 24.6. The second-order valence-corrected chi connectivity index (χ2v) is 9.51. The maximum Gasteiger partial charge on any atom is 0.138 e. The molecule has 2 atom stereocenters. The monoisotopic (exact) mass is 454 g/mol. The fourth-order valence-electron chi connectivity index (χ4n) is 4.34. The van der Waals surface area contributed by atoms with Gasteiger partial charge in [0.05, 0.1) is 6.07 Å². The molecule has 0 aliphatic heterocycles. The minimum absolute atomic E-state index is 0.398. The molecule has 5 heteroatoms. The first-order chi connectivity index (χ1) is 16.3. The molecule has 0 aromatic heterocycles. The summed E-state index contributed by atoms with van der Waals surface area (Å²) in [5, 5.41) is 22.6. The molecular weight excluding hydrogens is 422 g/mol. The van der Waals surface area contributed by atoms with Gasteiger partial charge in [0, 0.05) is 24.7 Å². The number of hydrogen-bond acceptors (Lipinski definition) is 4. The second-order valence-electron chi connectivity index (χ2n) is 9.51. The van der Waals surface area contributed by atoms with Crippen LogP contribution in [0.3, 0.4) is 0 Å². The Balaban J connectivity index is 2.09. The van der Waals surface area contributed by atoms with Gasteiger partial charge in [-0.2, -0.15) is 5.26 Å². The van der Waals surface area contributed by atoms with Crippen LogP contribution in [0.1, 0.15) is 37.5 Å². The zero-order valence-electron chi connectivity index (χ0n) is 20.1. The Morgan fingerprint density at radius 3 is 1.59 bits per heavy atom. The Labute approximate surface area is 202 Å². The number of rotatable bonds is 9. The Hall–Kier alpha value is -3.62. The molecule has 34 heavy (non-hydrogen) atoms. The first kappa shape index (κ1) is 25.0. The van der Waals surface area contributed by atoms with Crippen molar-refractivity contribution in [2.75, 3.05) is 0 Å². The van der Waals surface area contributed by atoms with Crippen molar-refractivity contribution in [1.29, 1.82) is 5.26 Å². The van der Waals surface area contributed by atoms with E-state index >= 15 is 0 Å². The predicted molar refractivity (Wildman–Crippen MR) is 132 cm³/mol. The van der Waals surface area contributed by atoms with E-state index in [1.807, 2.05) is 66.7 Å². The van der Waals surface area contributed by atoms with Crippen LogP contribution in [0.4, 0.5) is 4.79 Å². The summed E-state index contributed by atoms with van der Waals surface area (Å²) in [5.41, 5.74) is 2.46. The van der Waals surface area contributed by atoms with Gasteiger partial charge in [0.2, 0.25) is 0 Å².